The first-order chi connectivity index (χ1) is 6.97. The molecule has 0 atom stereocenters. The fourth-order valence-corrected chi connectivity index (χ4v) is 0.922. The summed E-state index contributed by atoms with van der Waals surface area (Å²) in [5.41, 5.74) is 0. The van der Waals surface area contributed by atoms with Crippen LogP contribution < -0.4 is 5.32 Å². The molecule has 0 rings (SSSR count). The third-order valence-corrected chi connectivity index (χ3v) is 1.71. The smallest absolute Gasteiger partial charge is 0.379 e. The van der Waals surface area contributed by atoms with Crippen molar-refractivity contribution in [3.63, 3.8) is 0 Å². The van der Waals surface area contributed by atoms with Crippen molar-refractivity contribution < 1.29 is 23.6 Å². The molecule has 3 N–H and O–H groups in total. The van der Waals surface area contributed by atoms with E-state index in [2.05, 4.69) is 23.7 Å². The van der Waals surface area contributed by atoms with E-state index in [1.165, 1.54) is 0 Å². The summed E-state index contributed by atoms with van der Waals surface area (Å²) >= 11 is 0. The molecule has 0 aliphatic carbocycles. The Labute approximate surface area is 91.2 Å². The van der Waals surface area contributed by atoms with Gasteiger partial charge in [-0.2, -0.15) is 0 Å². The first kappa shape index (κ1) is 17.4. The zero-order valence-corrected chi connectivity index (χ0v) is 10.5. The Hall–Kier alpha value is 0.0300. The zero-order chi connectivity index (χ0) is 12.2. The van der Waals surface area contributed by atoms with Gasteiger partial charge in [0.05, 0.1) is 13.2 Å². The molecular weight excluding hydrogens is 221 g/mol. The molecule has 0 bridgehead atoms. The molecule has 7 heteroatoms. The Morgan fingerprint density at radius 2 is 1.67 bits per heavy atom. The number of ether oxygens (including phenoxy) is 1. The second kappa shape index (κ2) is 12.1. The van der Waals surface area contributed by atoms with Crippen molar-refractivity contribution in [3.8, 4) is 0 Å². The maximum atomic E-state index is 10.0. The molecule has 0 amide bonds. The Bertz CT molecular complexity index is 159. The van der Waals surface area contributed by atoms with Gasteiger partial charge in [-0.25, -0.2) is 4.57 Å². The normalized spacial score (nSPS) is 10.7. The number of hydrogen-bond acceptors (Lipinski definition) is 4. The van der Waals surface area contributed by atoms with Crippen molar-refractivity contribution >= 4 is 7.82 Å². The number of nitrogens with one attached hydrogen (secondary N) is 1. The minimum Gasteiger partial charge on any atom is -0.379 e. The molecule has 0 saturated carbocycles. The minimum atomic E-state index is -4.29. The summed E-state index contributed by atoms with van der Waals surface area (Å²) in [6, 6.07) is 0. The Morgan fingerprint density at radius 1 is 1.13 bits per heavy atom. The van der Waals surface area contributed by atoms with Gasteiger partial charge in [0.1, 0.15) is 0 Å². The Kier molecular flexibility index (Phi) is 14.1. The molecule has 0 fully saturated rings. The standard InChI is InChI=1S/C4H11N.C4H11O5P/c1-3-5-4-2;1-2-8-3-4-9-10(5,6)7/h5H,3-4H2,1-2H3;2-4H2,1H3,(H2,5,6,7). The summed E-state index contributed by atoms with van der Waals surface area (Å²) in [6.07, 6.45) is 0. The maximum absolute atomic E-state index is 10.0. The second-order valence-corrected chi connectivity index (χ2v) is 3.72. The van der Waals surface area contributed by atoms with Gasteiger partial charge < -0.3 is 19.8 Å². The van der Waals surface area contributed by atoms with Crippen molar-refractivity contribution in [1.29, 1.82) is 0 Å². The summed E-state index contributed by atoms with van der Waals surface area (Å²) in [5, 5.41) is 3.11. The summed E-state index contributed by atoms with van der Waals surface area (Å²) in [5.74, 6) is 0. The summed E-state index contributed by atoms with van der Waals surface area (Å²) in [4.78, 5) is 16.3. The van der Waals surface area contributed by atoms with Crippen LogP contribution in [-0.2, 0) is 13.8 Å². The van der Waals surface area contributed by atoms with Gasteiger partial charge in [-0.05, 0) is 20.0 Å². The van der Waals surface area contributed by atoms with Crippen LogP contribution in [0.15, 0.2) is 0 Å². The van der Waals surface area contributed by atoms with E-state index >= 15 is 0 Å². The van der Waals surface area contributed by atoms with E-state index in [1.54, 1.807) is 6.92 Å². The van der Waals surface area contributed by atoms with Gasteiger partial charge in [-0.1, -0.05) is 13.8 Å². The van der Waals surface area contributed by atoms with Crippen LogP contribution in [0, 0.1) is 0 Å². The molecule has 0 aromatic rings. The van der Waals surface area contributed by atoms with Gasteiger partial charge in [0.2, 0.25) is 0 Å². The molecule has 15 heavy (non-hydrogen) atoms. The molecule has 0 aliphatic heterocycles. The largest absolute Gasteiger partial charge is 0.469 e. The molecular formula is C8H22NO5P. The molecule has 0 heterocycles. The molecule has 0 aliphatic rings. The van der Waals surface area contributed by atoms with Crippen LogP contribution in [0.4, 0.5) is 0 Å². The van der Waals surface area contributed by atoms with Crippen LogP contribution in [0.1, 0.15) is 20.8 Å². The first-order valence-corrected chi connectivity index (χ1v) is 6.49. The van der Waals surface area contributed by atoms with Gasteiger partial charge in [-0.15, -0.1) is 0 Å². The Balaban J connectivity index is 0. The average Bonchev–Trinajstić information content (AvgIpc) is 2.13. The van der Waals surface area contributed by atoms with E-state index in [-0.39, 0.29) is 13.2 Å². The van der Waals surface area contributed by atoms with Crippen molar-refractivity contribution in [3.05, 3.63) is 0 Å². The van der Waals surface area contributed by atoms with Crippen molar-refractivity contribution in [2.24, 2.45) is 0 Å². The lowest BCUT2D eigenvalue weighted by Gasteiger charge is -2.03. The van der Waals surface area contributed by atoms with Crippen LogP contribution in [0.25, 0.3) is 0 Å². The fraction of sp³-hybridized carbons (Fsp3) is 1.00. The van der Waals surface area contributed by atoms with E-state index in [1.807, 2.05) is 0 Å². The second-order valence-electron chi connectivity index (χ2n) is 2.48. The van der Waals surface area contributed by atoms with Crippen LogP contribution in [-0.4, -0.2) is 42.7 Å². The van der Waals surface area contributed by atoms with E-state index in [4.69, 9.17) is 14.5 Å². The fourth-order valence-electron chi connectivity index (χ4n) is 0.609. The number of hydrogen-bond donors (Lipinski definition) is 3. The minimum absolute atomic E-state index is 0.0713. The molecule has 94 valence electrons. The van der Waals surface area contributed by atoms with Gasteiger partial charge in [0.25, 0.3) is 0 Å². The van der Waals surface area contributed by atoms with Gasteiger partial charge in [0, 0.05) is 6.61 Å². The highest BCUT2D eigenvalue weighted by Crippen LogP contribution is 2.35. The van der Waals surface area contributed by atoms with Crippen LogP contribution in [0.2, 0.25) is 0 Å². The van der Waals surface area contributed by atoms with E-state index in [9.17, 15) is 4.57 Å². The highest BCUT2D eigenvalue weighted by Gasteiger charge is 2.12. The third kappa shape index (κ3) is 24.9. The lowest BCUT2D eigenvalue weighted by molar-refractivity contribution is 0.0932. The molecule has 0 saturated heterocycles. The number of rotatable bonds is 7. The van der Waals surface area contributed by atoms with Crippen molar-refractivity contribution in [2.45, 2.75) is 20.8 Å². The maximum Gasteiger partial charge on any atom is 0.469 e. The van der Waals surface area contributed by atoms with E-state index < -0.39 is 7.82 Å². The molecule has 0 unspecified atom stereocenters. The third-order valence-electron chi connectivity index (χ3n) is 1.19. The molecule has 0 aromatic heterocycles. The monoisotopic (exact) mass is 243 g/mol. The summed E-state index contributed by atoms with van der Waals surface area (Å²) in [6.45, 7) is 8.84. The lowest BCUT2D eigenvalue weighted by Crippen LogP contribution is -2.09. The predicted molar refractivity (Wildman–Crippen MR) is 58.7 cm³/mol. The van der Waals surface area contributed by atoms with Crippen molar-refractivity contribution in [1.82, 2.24) is 5.32 Å². The quantitative estimate of drug-likeness (QED) is 0.451. The lowest BCUT2D eigenvalue weighted by atomic mass is 10.7. The molecule has 0 radical (unpaired) electrons. The van der Waals surface area contributed by atoms with E-state index in [0.29, 0.717) is 6.61 Å². The topological polar surface area (TPSA) is 88.0 Å². The van der Waals surface area contributed by atoms with Gasteiger partial charge >= 0.3 is 7.82 Å². The highest BCUT2D eigenvalue weighted by molar-refractivity contribution is 7.46. The highest BCUT2D eigenvalue weighted by atomic mass is 31.2. The van der Waals surface area contributed by atoms with Crippen LogP contribution in [0.5, 0.6) is 0 Å². The van der Waals surface area contributed by atoms with Crippen molar-refractivity contribution in [2.75, 3.05) is 32.9 Å². The molecule has 0 aromatic carbocycles. The van der Waals surface area contributed by atoms with Gasteiger partial charge in [-0.3, -0.25) is 4.52 Å². The molecule has 6 nitrogen and oxygen atoms in total. The average molecular weight is 243 g/mol. The van der Waals surface area contributed by atoms with Crippen LogP contribution in [0.3, 0.4) is 0 Å². The Morgan fingerprint density at radius 3 is 1.93 bits per heavy atom. The first-order valence-electron chi connectivity index (χ1n) is 4.96. The molecule has 0 spiro atoms. The zero-order valence-electron chi connectivity index (χ0n) is 9.60. The summed E-state index contributed by atoms with van der Waals surface area (Å²) in [7, 11) is -4.29. The number of phosphoric acid groups is 1. The number of phosphoric ester groups is 1. The SMILES string of the molecule is CCNCC.CCOCCOP(=O)(O)O. The van der Waals surface area contributed by atoms with Gasteiger partial charge in [0.15, 0.2) is 0 Å². The summed E-state index contributed by atoms with van der Waals surface area (Å²) < 4.78 is 18.8. The van der Waals surface area contributed by atoms with Crippen LogP contribution >= 0.6 is 7.82 Å². The van der Waals surface area contributed by atoms with E-state index in [0.717, 1.165) is 13.1 Å². The predicted octanol–water partition coefficient (Wildman–Crippen LogP) is 0.748.